The van der Waals surface area contributed by atoms with E-state index >= 15 is 0 Å². The van der Waals surface area contributed by atoms with E-state index < -0.39 is 0 Å². The van der Waals surface area contributed by atoms with Crippen LogP contribution in [0.2, 0.25) is 0 Å². The first-order chi connectivity index (χ1) is 4.97. The summed E-state index contributed by atoms with van der Waals surface area (Å²) in [6.07, 6.45) is 8.08. The van der Waals surface area contributed by atoms with E-state index in [0.717, 1.165) is 6.42 Å². The van der Waals surface area contributed by atoms with Crippen molar-refractivity contribution in [2.45, 2.75) is 25.4 Å². The van der Waals surface area contributed by atoms with E-state index in [2.05, 4.69) is 6.08 Å². The van der Waals surface area contributed by atoms with Crippen molar-refractivity contribution in [2.75, 3.05) is 5.75 Å². The number of rotatable bonds is 1. The van der Waals surface area contributed by atoms with Crippen molar-refractivity contribution in [3.63, 3.8) is 0 Å². The van der Waals surface area contributed by atoms with Gasteiger partial charge < -0.3 is 4.74 Å². The molecule has 2 aliphatic heterocycles. The predicted molar refractivity (Wildman–Crippen MR) is 43.6 cm³/mol. The van der Waals surface area contributed by atoms with Gasteiger partial charge in [0.05, 0.1) is 11.5 Å². The molecule has 1 radical (unpaired) electrons. The maximum atomic E-state index is 5.40. The molecule has 0 amide bonds. The SMILES string of the molecule is C1=COC([C]2CCCS2)C1. The van der Waals surface area contributed by atoms with E-state index in [1.165, 1.54) is 18.6 Å². The summed E-state index contributed by atoms with van der Waals surface area (Å²) in [5.41, 5.74) is 0. The van der Waals surface area contributed by atoms with Crippen LogP contribution in [0.15, 0.2) is 12.3 Å². The highest BCUT2D eigenvalue weighted by molar-refractivity contribution is 8.02. The molecule has 0 aromatic heterocycles. The maximum absolute atomic E-state index is 5.40. The van der Waals surface area contributed by atoms with Gasteiger partial charge in [-0.15, -0.1) is 11.8 Å². The van der Waals surface area contributed by atoms with Gasteiger partial charge in [0.2, 0.25) is 0 Å². The van der Waals surface area contributed by atoms with E-state index in [9.17, 15) is 0 Å². The largest absolute Gasteiger partial charge is 0.497 e. The molecule has 2 heterocycles. The fourth-order valence-corrected chi connectivity index (χ4v) is 2.55. The zero-order valence-electron chi connectivity index (χ0n) is 5.88. The van der Waals surface area contributed by atoms with Crippen LogP contribution in [0.3, 0.4) is 0 Å². The summed E-state index contributed by atoms with van der Waals surface area (Å²) in [5, 5.41) is 1.56. The average molecular weight is 155 g/mol. The first kappa shape index (κ1) is 6.59. The number of hydrogen-bond acceptors (Lipinski definition) is 2. The molecule has 55 valence electrons. The van der Waals surface area contributed by atoms with E-state index in [1.54, 1.807) is 5.25 Å². The average Bonchev–Trinajstić information content (AvgIpc) is 2.59. The minimum atomic E-state index is 0.424. The standard InChI is InChI=1S/C8H11OS/c1-3-7(9-5-1)8-4-2-6-10-8/h1,5,7H,2-4,6H2. The van der Waals surface area contributed by atoms with Crippen molar-refractivity contribution in [1.82, 2.24) is 0 Å². The van der Waals surface area contributed by atoms with Crippen LogP contribution in [-0.4, -0.2) is 11.9 Å². The fourth-order valence-electron chi connectivity index (χ4n) is 1.37. The van der Waals surface area contributed by atoms with Gasteiger partial charge in [0.25, 0.3) is 0 Å². The lowest BCUT2D eigenvalue weighted by Crippen LogP contribution is -2.11. The van der Waals surface area contributed by atoms with Crippen LogP contribution < -0.4 is 0 Å². The Morgan fingerprint density at radius 1 is 1.60 bits per heavy atom. The molecule has 2 rings (SSSR count). The van der Waals surface area contributed by atoms with Crippen LogP contribution in [-0.2, 0) is 4.74 Å². The number of ether oxygens (including phenoxy) is 1. The van der Waals surface area contributed by atoms with Crippen LogP contribution in [0.4, 0.5) is 0 Å². The van der Waals surface area contributed by atoms with Crippen molar-refractivity contribution in [3.8, 4) is 0 Å². The summed E-state index contributed by atoms with van der Waals surface area (Å²) in [6.45, 7) is 0. The first-order valence-electron chi connectivity index (χ1n) is 3.76. The van der Waals surface area contributed by atoms with Gasteiger partial charge in [-0.3, -0.25) is 0 Å². The molecule has 1 nitrogen and oxygen atoms in total. The summed E-state index contributed by atoms with van der Waals surface area (Å²) in [5.74, 6) is 1.30. The molecule has 0 aliphatic carbocycles. The topological polar surface area (TPSA) is 9.23 Å². The Hall–Kier alpha value is -0.110. The van der Waals surface area contributed by atoms with Crippen molar-refractivity contribution >= 4 is 11.8 Å². The monoisotopic (exact) mass is 155 g/mol. The second-order valence-electron chi connectivity index (χ2n) is 2.65. The second-order valence-corrected chi connectivity index (χ2v) is 3.87. The fraction of sp³-hybridized carbons (Fsp3) is 0.625. The molecule has 0 spiro atoms. The van der Waals surface area contributed by atoms with Crippen LogP contribution in [0.1, 0.15) is 19.3 Å². The van der Waals surface area contributed by atoms with Gasteiger partial charge in [-0.05, 0) is 24.7 Å². The van der Waals surface area contributed by atoms with Crippen LogP contribution in [0.25, 0.3) is 0 Å². The third-order valence-electron chi connectivity index (χ3n) is 1.90. The van der Waals surface area contributed by atoms with Crippen molar-refractivity contribution < 1.29 is 4.74 Å². The van der Waals surface area contributed by atoms with E-state index in [4.69, 9.17) is 4.74 Å². The molecule has 0 aromatic rings. The van der Waals surface area contributed by atoms with E-state index in [0.29, 0.717) is 6.10 Å². The minimum Gasteiger partial charge on any atom is -0.497 e. The van der Waals surface area contributed by atoms with Crippen LogP contribution >= 0.6 is 11.8 Å². The van der Waals surface area contributed by atoms with Gasteiger partial charge in [-0.2, -0.15) is 0 Å². The van der Waals surface area contributed by atoms with Gasteiger partial charge in [-0.1, -0.05) is 0 Å². The molecule has 0 saturated carbocycles. The van der Waals surface area contributed by atoms with Crippen molar-refractivity contribution in [2.24, 2.45) is 0 Å². The summed E-state index contributed by atoms with van der Waals surface area (Å²) in [4.78, 5) is 0. The summed E-state index contributed by atoms with van der Waals surface area (Å²) < 4.78 is 5.40. The Labute approximate surface area is 65.8 Å². The Morgan fingerprint density at radius 3 is 3.20 bits per heavy atom. The zero-order chi connectivity index (χ0) is 6.81. The smallest absolute Gasteiger partial charge is 0.117 e. The molecule has 0 N–H and O–H groups in total. The molecule has 1 atom stereocenters. The van der Waals surface area contributed by atoms with Crippen LogP contribution in [0.5, 0.6) is 0 Å². The lowest BCUT2D eigenvalue weighted by atomic mass is 10.1. The normalized spacial score (nSPS) is 33.0. The quantitative estimate of drug-likeness (QED) is 0.575. The lowest BCUT2D eigenvalue weighted by Gasteiger charge is -2.15. The molecule has 0 aromatic carbocycles. The van der Waals surface area contributed by atoms with Crippen molar-refractivity contribution in [1.29, 1.82) is 0 Å². The van der Waals surface area contributed by atoms with Gasteiger partial charge >= 0.3 is 0 Å². The van der Waals surface area contributed by atoms with Gasteiger partial charge in [0.1, 0.15) is 6.10 Å². The highest BCUT2D eigenvalue weighted by Crippen LogP contribution is 2.39. The number of hydrogen-bond donors (Lipinski definition) is 0. The molecular weight excluding hydrogens is 144 g/mol. The summed E-state index contributed by atoms with van der Waals surface area (Å²) in [7, 11) is 0. The van der Waals surface area contributed by atoms with Crippen LogP contribution in [0, 0.1) is 5.25 Å². The third kappa shape index (κ3) is 1.17. The molecule has 0 bridgehead atoms. The van der Waals surface area contributed by atoms with E-state index in [1.807, 2.05) is 18.0 Å². The van der Waals surface area contributed by atoms with E-state index in [-0.39, 0.29) is 0 Å². The molecule has 10 heavy (non-hydrogen) atoms. The highest BCUT2D eigenvalue weighted by atomic mass is 32.2. The Bertz CT molecular complexity index is 130. The summed E-state index contributed by atoms with van der Waals surface area (Å²) in [6, 6.07) is 0. The lowest BCUT2D eigenvalue weighted by molar-refractivity contribution is 0.191. The molecule has 1 fully saturated rings. The zero-order valence-corrected chi connectivity index (χ0v) is 6.69. The first-order valence-corrected chi connectivity index (χ1v) is 4.74. The van der Waals surface area contributed by atoms with Crippen molar-refractivity contribution in [3.05, 3.63) is 17.6 Å². The van der Waals surface area contributed by atoms with Gasteiger partial charge in [0, 0.05) is 6.42 Å². The molecule has 1 unspecified atom stereocenters. The van der Waals surface area contributed by atoms with Gasteiger partial charge in [0.15, 0.2) is 0 Å². The molecule has 1 saturated heterocycles. The minimum absolute atomic E-state index is 0.424. The highest BCUT2D eigenvalue weighted by Gasteiger charge is 2.28. The Balaban J connectivity index is 1.87. The molecule has 2 heteroatoms. The third-order valence-corrected chi connectivity index (χ3v) is 3.23. The number of thioether (sulfide) groups is 1. The Kier molecular flexibility index (Phi) is 1.89. The van der Waals surface area contributed by atoms with Gasteiger partial charge in [-0.25, -0.2) is 0 Å². The molecular formula is C8H11OS. The summed E-state index contributed by atoms with van der Waals surface area (Å²) >= 11 is 1.99. The Morgan fingerprint density at radius 2 is 2.60 bits per heavy atom. The molecule has 2 aliphatic rings. The predicted octanol–water partition coefficient (Wildman–Crippen LogP) is 2.35. The maximum Gasteiger partial charge on any atom is 0.117 e. The second kappa shape index (κ2) is 2.87.